The Kier molecular flexibility index (Phi) is 5.38. The van der Waals surface area contributed by atoms with Crippen LogP contribution >= 0.6 is 0 Å². The van der Waals surface area contributed by atoms with E-state index in [-0.39, 0.29) is 25.1 Å². The Morgan fingerprint density at radius 1 is 1.10 bits per heavy atom. The summed E-state index contributed by atoms with van der Waals surface area (Å²) in [4.78, 5) is 0. The van der Waals surface area contributed by atoms with Gasteiger partial charge in [0.25, 0.3) is 0 Å². The fourth-order valence-electron chi connectivity index (χ4n) is 1.67. The minimum Gasteiger partial charge on any atom is -0.305 e. The van der Waals surface area contributed by atoms with Crippen LogP contribution in [0, 0.1) is 17.5 Å². The highest BCUT2D eigenvalue weighted by atomic mass is 19.3. The zero-order chi connectivity index (χ0) is 15.5. The van der Waals surface area contributed by atoms with Crippen molar-refractivity contribution < 1.29 is 30.7 Å². The third kappa shape index (κ3) is 3.41. The molecule has 0 spiro atoms. The topological polar surface area (TPSA) is 12.0 Å². The van der Waals surface area contributed by atoms with Crippen LogP contribution in [0.3, 0.4) is 0 Å². The second-order valence-corrected chi connectivity index (χ2v) is 4.15. The van der Waals surface area contributed by atoms with Crippen molar-refractivity contribution in [2.24, 2.45) is 0 Å². The molecule has 0 aliphatic carbocycles. The lowest BCUT2D eigenvalue weighted by Gasteiger charge is -2.28. The maximum Gasteiger partial charge on any atom is 0.326 e. The van der Waals surface area contributed by atoms with E-state index in [0.29, 0.717) is 0 Å². The van der Waals surface area contributed by atoms with Crippen LogP contribution in [0.5, 0.6) is 0 Å². The molecule has 0 heterocycles. The van der Waals surface area contributed by atoms with Crippen molar-refractivity contribution in [3.05, 3.63) is 35.1 Å². The van der Waals surface area contributed by atoms with Crippen LogP contribution in [-0.2, 0) is 0 Å². The van der Waals surface area contributed by atoms with Crippen LogP contribution in [0.25, 0.3) is 0 Å². The van der Waals surface area contributed by atoms with E-state index < -0.39 is 41.4 Å². The Morgan fingerprint density at radius 2 is 1.60 bits per heavy atom. The minimum absolute atomic E-state index is 0.163. The first-order chi connectivity index (χ1) is 9.21. The molecule has 0 bridgehead atoms. The molecule has 20 heavy (non-hydrogen) atoms. The molecular formula is C12H12F7N. The van der Waals surface area contributed by atoms with Gasteiger partial charge < -0.3 is 5.32 Å². The molecule has 0 saturated carbocycles. The number of rotatable bonds is 6. The molecule has 8 heteroatoms. The van der Waals surface area contributed by atoms with Crippen molar-refractivity contribution >= 4 is 0 Å². The van der Waals surface area contributed by atoms with E-state index in [1.807, 2.05) is 5.32 Å². The highest BCUT2D eigenvalue weighted by Gasteiger charge is 2.51. The first kappa shape index (κ1) is 16.7. The van der Waals surface area contributed by atoms with Crippen LogP contribution in [-0.4, -0.2) is 18.9 Å². The number of halogens is 7. The van der Waals surface area contributed by atoms with Crippen LogP contribution in [0.2, 0.25) is 0 Å². The second kappa shape index (κ2) is 6.43. The molecule has 1 rings (SSSR count). The van der Waals surface area contributed by atoms with Crippen molar-refractivity contribution in [1.29, 1.82) is 0 Å². The lowest BCUT2D eigenvalue weighted by Crippen LogP contribution is -2.43. The van der Waals surface area contributed by atoms with Gasteiger partial charge in [0.1, 0.15) is 23.5 Å². The van der Waals surface area contributed by atoms with E-state index in [1.165, 1.54) is 0 Å². The van der Waals surface area contributed by atoms with Crippen LogP contribution in [0.4, 0.5) is 30.7 Å². The first-order valence-electron chi connectivity index (χ1n) is 5.75. The molecule has 1 N–H and O–H groups in total. The highest BCUT2D eigenvalue weighted by Crippen LogP contribution is 2.38. The molecule has 0 radical (unpaired) electrons. The predicted octanol–water partition coefficient (Wildman–Crippen LogP) is 4.05. The van der Waals surface area contributed by atoms with Gasteiger partial charge in [0, 0.05) is 17.7 Å². The molecular weight excluding hydrogens is 291 g/mol. The van der Waals surface area contributed by atoms with E-state index in [4.69, 9.17) is 0 Å². The summed E-state index contributed by atoms with van der Waals surface area (Å²) < 4.78 is 91.4. The summed E-state index contributed by atoms with van der Waals surface area (Å²) in [7, 11) is 0. The number of hydrogen-bond donors (Lipinski definition) is 1. The highest BCUT2D eigenvalue weighted by molar-refractivity contribution is 5.26. The number of benzene rings is 1. The number of alkyl halides is 4. The van der Waals surface area contributed by atoms with Crippen molar-refractivity contribution in [1.82, 2.24) is 5.32 Å². The molecule has 1 nitrogen and oxygen atoms in total. The Morgan fingerprint density at radius 3 is 2.00 bits per heavy atom. The van der Waals surface area contributed by atoms with Gasteiger partial charge in [-0.3, -0.25) is 0 Å². The number of nitrogens with one attached hydrogen (secondary N) is 1. The predicted molar refractivity (Wildman–Crippen MR) is 58.3 cm³/mol. The SMILES string of the molecule is CCCNC(c1c(F)cc(F)cc1F)C(F)(F)C(F)F. The minimum atomic E-state index is -4.70. The summed E-state index contributed by atoms with van der Waals surface area (Å²) in [6, 6.07) is -2.25. The maximum absolute atomic E-state index is 13.5. The molecule has 0 aliphatic rings. The molecule has 0 fully saturated rings. The maximum atomic E-state index is 13.5. The lowest BCUT2D eigenvalue weighted by atomic mass is 9.99. The second-order valence-electron chi connectivity index (χ2n) is 4.15. The van der Waals surface area contributed by atoms with Gasteiger partial charge >= 0.3 is 12.3 Å². The van der Waals surface area contributed by atoms with Gasteiger partial charge in [-0.15, -0.1) is 0 Å². The largest absolute Gasteiger partial charge is 0.326 e. The monoisotopic (exact) mass is 303 g/mol. The van der Waals surface area contributed by atoms with Gasteiger partial charge in [-0.2, -0.15) is 8.78 Å². The summed E-state index contributed by atoms with van der Waals surface area (Å²) >= 11 is 0. The zero-order valence-corrected chi connectivity index (χ0v) is 10.4. The van der Waals surface area contributed by atoms with E-state index in [2.05, 4.69) is 0 Å². The molecule has 1 aromatic rings. The van der Waals surface area contributed by atoms with E-state index in [9.17, 15) is 30.7 Å². The van der Waals surface area contributed by atoms with Gasteiger partial charge in [-0.05, 0) is 13.0 Å². The van der Waals surface area contributed by atoms with Crippen molar-refractivity contribution in [2.45, 2.75) is 31.7 Å². The Bertz CT molecular complexity index is 438. The number of hydrogen-bond acceptors (Lipinski definition) is 1. The summed E-state index contributed by atoms with van der Waals surface area (Å²) in [6.07, 6.45) is -3.85. The van der Waals surface area contributed by atoms with Crippen LogP contribution < -0.4 is 5.32 Å². The molecule has 0 aromatic heterocycles. The molecule has 0 saturated heterocycles. The zero-order valence-electron chi connectivity index (χ0n) is 10.4. The average Bonchev–Trinajstić information content (AvgIpc) is 2.31. The standard InChI is InChI=1S/C12H12F7N/c1-2-3-20-10(12(18,19)11(16)17)9-7(14)4-6(13)5-8(9)15/h4-5,10-11,20H,2-3H2,1H3. The third-order valence-electron chi connectivity index (χ3n) is 2.61. The summed E-state index contributed by atoms with van der Waals surface area (Å²) in [6.45, 7) is 1.39. The Labute approximate surface area is 110 Å². The van der Waals surface area contributed by atoms with Crippen LogP contribution in [0.15, 0.2) is 12.1 Å². The smallest absolute Gasteiger partial charge is 0.305 e. The molecule has 1 unspecified atom stereocenters. The molecule has 0 amide bonds. The van der Waals surface area contributed by atoms with E-state index >= 15 is 0 Å². The summed E-state index contributed by atoms with van der Waals surface area (Å²) in [5.74, 6) is -9.31. The Hall–Kier alpha value is -1.31. The van der Waals surface area contributed by atoms with Crippen molar-refractivity contribution in [2.75, 3.05) is 6.54 Å². The fraction of sp³-hybridized carbons (Fsp3) is 0.500. The van der Waals surface area contributed by atoms with E-state index in [1.54, 1.807) is 6.92 Å². The third-order valence-corrected chi connectivity index (χ3v) is 2.61. The molecule has 114 valence electrons. The van der Waals surface area contributed by atoms with Crippen molar-refractivity contribution in [3.8, 4) is 0 Å². The molecule has 1 aromatic carbocycles. The summed E-state index contributed by atoms with van der Waals surface area (Å²) in [5.41, 5.74) is -1.30. The fourth-order valence-corrected chi connectivity index (χ4v) is 1.67. The quantitative estimate of drug-likeness (QED) is 0.782. The lowest BCUT2D eigenvalue weighted by molar-refractivity contribution is -0.152. The first-order valence-corrected chi connectivity index (χ1v) is 5.75. The molecule has 1 atom stereocenters. The van der Waals surface area contributed by atoms with E-state index in [0.717, 1.165) is 0 Å². The molecule has 0 aliphatic heterocycles. The van der Waals surface area contributed by atoms with Gasteiger partial charge in [-0.1, -0.05) is 6.92 Å². The van der Waals surface area contributed by atoms with Crippen molar-refractivity contribution in [3.63, 3.8) is 0 Å². The Balaban J connectivity index is 3.31. The van der Waals surface area contributed by atoms with Crippen LogP contribution in [0.1, 0.15) is 24.9 Å². The summed E-state index contributed by atoms with van der Waals surface area (Å²) in [5, 5.41) is 1.98. The van der Waals surface area contributed by atoms with Gasteiger partial charge in [-0.25, -0.2) is 22.0 Å². The van der Waals surface area contributed by atoms with Gasteiger partial charge in [0.05, 0.1) is 0 Å². The van der Waals surface area contributed by atoms with Gasteiger partial charge in [0.2, 0.25) is 0 Å². The van der Waals surface area contributed by atoms with Gasteiger partial charge in [0.15, 0.2) is 0 Å². The average molecular weight is 303 g/mol. The normalized spacial score (nSPS) is 13.8.